The predicted octanol–water partition coefficient (Wildman–Crippen LogP) is 4.45. The minimum absolute atomic E-state index is 0.714. The molecule has 2 nitrogen and oxygen atoms in total. The minimum Gasteiger partial charge on any atom is -0.374 e. The van der Waals surface area contributed by atoms with Crippen molar-refractivity contribution < 1.29 is 0 Å². The van der Waals surface area contributed by atoms with Crippen LogP contribution in [0.4, 0.5) is 5.69 Å². The van der Waals surface area contributed by atoms with E-state index in [2.05, 4.69) is 59.3 Å². The Morgan fingerprint density at radius 3 is 2.69 bits per heavy atom. The van der Waals surface area contributed by atoms with Gasteiger partial charge in [0.25, 0.3) is 0 Å². The lowest BCUT2D eigenvalue weighted by Crippen LogP contribution is -2.46. The zero-order valence-electron chi connectivity index (χ0n) is 16.0. The first-order valence-corrected chi connectivity index (χ1v) is 10.4. The van der Waals surface area contributed by atoms with Gasteiger partial charge in [0, 0.05) is 38.4 Å². The lowest BCUT2D eigenvalue weighted by atomic mass is 9.80. The van der Waals surface area contributed by atoms with Crippen molar-refractivity contribution in [2.24, 2.45) is 5.92 Å². The largest absolute Gasteiger partial charge is 0.374 e. The topological polar surface area (TPSA) is 6.48 Å². The van der Waals surface area contributed by atoms with E-state index in [-0.39, 0.29) is 0 Å². The maximum Gasteiger partial charge on any atom is 0.0396 e. The van der Waals surface area contributed by atoms with Crippen LogP contribution in [0.3, 0.4) is 0 Å². The van der Waals surface area contributed by atoms with Crippen LogP contribution in [0.25, 0.3) is 0 Å². The van der Waals surface area contributed by atoms with Crippen LogP contribution in [-0.4, -0.2) is 31.1 Å². The van der Waals surface area contributed by atoms with E-state index in [9.17, 15) is 0 Å². The first-order chi connectivity index (χ1) is 12.8. The molecular formula is C24H30N2. The van der Waals surface area contributed by atoms with E-state index < -0.39 is 0 Å². The molecule has 0 unspecified atom stereocenters. The zero-order chi connectivity index (χ0) is 17.5. The van der Waals surface area contributed by atoms with Crippen molar-refractivity contribution in [1.82, 2.24) is 4.90 Å². The molecule has 2 aromatic rings. The lowest BCUT2D eigenvalue weighted by Gasteiger charge is -2.42. The number of benzene rings is 2. The van der Waals surface area contributed by atoms with Crippen molar-refractivity contribution in [3.8, 4) is 0 Å². The van der Waals surface area contributed by atoms with E-state index in [0.717, 1.165) is 12.5 Å². The molecule has 2 bridgehead atoms. The van der Waals surface area contributed by atoms with E-state index in [1.807, 2.05) is 0 Å². The highest BCUT2D eigenvalue weighted by atomic mass is 15.2. The third-order valence-electron chi connectivity index (χ3n) is 6.88. The summed E-state index contributed by atoms with van der Waals surface area (Å²) < 4.78 is 0. The summed E-state index contributed by atoms with van der Waals surface area (Å²) in [5.74, 6) is 0.830. The normalized spacial score (nSPS) is 25.3. The second kappa shape index (κ2) is 6.74. The smallest absolute Gasteiger partial charge is 0.0396 e. The van der Waals surface area contributed by atoms with Crippen LogP contribution in [0.1, 0.15) is 41.5 Å². The molecule has 136 valence electrons. The maximum absolute atomic E-state index is 2.79. The van der Waals surface area contributed by atoms with Gasteiger partial charge in [-0.05, 0) is 72.8 Å². The summed E-state index contributed by atoms with van der Waals surface area (Å²) in [6, 6.07) is 17.1. The number of aryl methyl sites for hydroxylation is 1. The number of hydrogen-bond acceptors (Lipinski definition) is 2. The molecule has 2 atom stereocenters. The summed E-state index contributed by atoms with van der Waals surface area (Å²) in [4.78, 5) is 5.20. The summed E-state index contributed by atoms with van der Waals surface area (Å²) in [5.41, 5.74) is 7.72. The fraction of sp³-hybridized carbons (Fsp3) is 0.500. The Bertz CT molecular complexity index is 797. The summed E-state index contributed by atoms with van der Waals surface area (Å²) >= 11 is 0. The Labute approximate surface area is 157 Å². The van der Waals surface area contributed by atoms with E-state index >= 15 is 0 Å². The molecule has 0 radical (unpaired) electrons. The Morgan fingerprint density at radius 1 is 0.962 bits per heavy atom. The Morgan fingerprint density at radius 2 is 1.81 bits per heavy atom. The fourth-order valence-corrected chi connectivity index (χ4v) is 5.47. The molecule has 6 rings (SSSR count). The van der Waals surface area contributed by atoms with Gasteiger partial charge in [0.2, 0.25) is 0 Å². The summed E-state index contributed by atoms with van der Waals surface area (Å²) in [6.07, 6.45) is 7.81. The van der Waals surface area contributed by atoms with Gasteiger partial charge in [-0.2, -0.15) is 0 Å². The molecule has 0 saturated carbocycles. The van der Waals surface area contributed by atoms with Crippen LogP contribution >= 0.6 is 0 Å². The highest BCUT2D eigenvalue weighted by Crippen LogP contribution is 2.34. The van der Waals surface area contributed by atoms with Crippen molar-refractivity contribution in [2.45, 2.75) is 51.1 Å². The minimum atomic E-state index is 0.714. The van der Waals surface area contributed by atoms with E-state index in [4.69, 9.17) is 0 Å². The van der Waals surface area contributed by atoms with Crippen molar-refractivity contribution >= 4 is 5.69 Å². The van der Waals surface area contributed by atoms with Gasteiger partial charge in [-0.25, -0.2) is 0 Å². The van der Waals surface area contributed by atoms with Gasteiger partial charge in [-0.15, -0.1) is 0 Å². The zero-order valence-corrected chi connectivity index (χ0v) is 16.0. The van der Waals surface area contributed by atoms with Crippen molar-refractivity contribution in [1.29, 1.82) is 0 Å². The second-order valence-electron chi connectivity index (χ2n) is 8.69. The predicted molar refractivity (Wildman–Crippen MR) is 109 cm³/mol. The molecule has 3 heterocycles. The number of hydrogen-bond donors (Lipinski definition) is 0. The van der Waals surface area contributed by atoms with Crippen LogP contribution in [0.5, 0.6) is 0 Å². The van der Waals surface area contributed by atoms with Crippen molar-refractivity contribution in [3.63, 3.8) is 0 Å². The van der Waals surface area contributed by atoms with Gasteiger partial charge in [-0.1, -0.05) is 36.4 Å². The molecule has 0 N–H and O–H groups in total. The van der Waals surface area contributed by atoms with Gasteiger partial charge >= 0.3 is 0 Å². The summed E-state index contributed by atoms with van der Waals surface area (Å²) in [6.45, 7) is 3.60. The third-order valence-corrected chi connectivity index (χ3v) is 6.88. The molecule has 26 heavy (non-hydrogen) atoms. The molecule has 2 heteroatoms. The Balaban J connectivity index is 1.38. The number of rotatable bonds is 2. The Hall–Kier alpha value is -1.80. The molecular weight excluding hydrogens is 316 g/mol. The molecule has 1 fully saturated rings. The Kier molecular flexibility index (Phi) is 4.24. The van der Waals surface area contributed by atoms with Gasteiger partial charge in [0.1, 0.15) is 0 Å². The molecule has 0 aromatic heterocycles. The first kappa shape index (κ1) is 16.4. The maximum atomic E-state index is 2.79. The standard InChI is InChI=1S/C24H30N2/c1-25-12-4-7-22-14-19(9-11-24(22)25)17-26-16-18-8-10-23(26)15-21-6-3-2-5-20(21)13-18/h2-3,5-6,9,11,14,18,23H,4,7-8,10,12-13,15-17H2,1H3/t18-,23+/m0/s1. The number of anilines is 1. The first-order valence-electron chi connectivity index (χ1n) is 10.4. The lowest BCUT2D eigenvalue weighted by molar-refractivity contribution is 0.0938. The van der Waals surface area contributed by atoms with Gasteiger partial charge in [-0.3, -0.25) is 4.90 Å². The van der Waals surface area contributed by atoms with Crippen LogP contribution in [-0.2, 0) is 25.8 Å². The van der Waals surface area contributed by atoms with Crippen LogP contribution in [0.15, 0.2) is 42.5 Å². The monoisotopic (exact) mass is 346 g/mol. The van der Waals surface area contributed by atoms with Crippen LogP contribution in [0, 0.1) is 5.92 Å². The average Bonchev–Trinajstić information content (AvgIpc) is 2.63. The average molecular weight is 347 g/mol. The molecule has 4 aliphatic rings. The summed E-state index contributed by atoms with van der Waals surface area (Å²) in [5, 5.41) is 0. The van der Waals surface area contributed by atoms with Gasteiger partial charge in [0.15, 0.2) is 0 Å². The summed E-state index contributed by atoms with van der Waals surface area (Å²) in [7, 11) is 2.23. The SMILES string of the molecule is CN1CCCc2cc(CN3C[C@H]4CC[C@@H]3Cc3ccccc3C4)ccc21. The van der Waals surface area contributed by atoms with E-state index in [0.29, 0.717) is 6.04 Å². The highest BCUT2D eigenvalue weighted by molar-refractivity contribution is 5.56. The van der Waals surface area contributed by atoms with Gasteiger partial charge < -0.3 is 4.90 Å². The van der Waals surface area contributed by atoms with Crippen molar-refractivity contribution in [2.75, 3.05) is 25.0 Å². The molecule has 2 aromatic carbocycles. The van der Waals surface area contributed by atoms with E-state index in [1.165, 1.54) is 62.9 Å². The number of piperidine rings is 1. The molecule has 1 aliphatic carbocycles. The van der Waals surface area contributed by atoms with Crippen LogP contribution < -0.4 is 4.90 Å². The third kappa shape index (κ3) is 3.05. The van der Waals surface area contributed by atoms with Gasteiger partial charge in [0.05, 0.1) is 0 Å². The second-order valence-corrected chi connectivity index (χ2v) is 8.69. The van der Waals surface area contributed by atoms with Crippen molar-refractivity contribution in [3.05, 3.63) is 64.7 Å². The fourth-order valence-electron chi connectivity index (χ4n) is 5.47. The highest BCUT2D eigenvalue weighted by Gasteiger charge is 2.31. The van der Waals surface area contributed by atoms with Crippen LogP contribution in [0.2, 0.25) is 0 Å². The van der Waals surface area contributed by atoms with E-state index in [1.54, 1.807) is 16.7 Å². The molecule has 1 saturated heterocycles. The molecule has 0 spiro atoms. The molecule has 3 aliphatic heterocycles. The quantitative estimate of drug-likeness (QED) is 0.793. The molecule has 0 amide bonds. The number of fused-ring (bicyclic) bond motifs is 3. The number of nitrogens with zero attached hydrogens (tertiary/aromatic N) is 2.